The molecule has 7 heteroatoms. The van der Waals surface area contributed by atoms with Crippen LogP contribution in [0.4, 0.5) is 17.1 Å². The van der Waals surface area contributed by atoms with Gasteiger partial charge in [0, 0.05) is 6.20 Å². The number of rotatable bonds is 2. The molecule has 0 saturated heterocycles. The lowest BCUT2D eigenvalue weighted by molar-refractivity contribution is 0.746. The van der Waals surface area contributed by atoms with Gasteiger partial charge in [-0.25, -0.2) is 0 Å². The highest BCUT2D eigenvalue weighted by molar-refractivity contribution is 7.58. The Morgan fingerprint density at radius 1 is 1.19 bits per heavy atom. The van der Waals surface area contributed by atoms with Gasteiger partial charge in [0.25, 0.3) is 0 Å². The molecule has 106 valence electrons. The number of hydrogen-bond acceptors (Lipinski definition) is 4. The third kappa shape index (κ3) is 2.16. The zero-order valence-corrected chi connectivity index (χ0v) is 13.1. The molecule has 0 bridgehead atoms. The summed E-state index contributed by atoms with van der Waals surface area (Å²) in [5.74, 6) is 0. The molecule has 1 aliphatic heterocycles. The van der Waals surface area contributed by atoms with E-state index < -0.39 is 0 Å². The second-order valence-corrected chi connectivity index (χ2v) is 6.30. The molecule has 1 aromatic heterocycles. The number of halogens is 2. The van der Waals surface area contributed by atoms with E-state index in [1.807, 2.05) is 12.3 Å². The minimum Gasteiger partial charge on any atom is -0.374 e. The zero-order valence-electron chi connectivity index (χ0n) is 10.8. The van der Waals surface area contributed by atoms with Gasteiger partial charge in [0.15, 0.2) is 0 Å². The third-order valence-electron chi connectivity index (χ3n) is 3.72. The smallest absolute Gasteiger partial charge is 0.130 e. The Labute approximate surface area is 135 Å². The monoisotopic (exact) mass is 336 g/mol. The summed E-state index contributed by atoms with van der Waals surface area (Å²) >= 11 is 13.6. The standard InChI is InChI=1S/C14H10Cl2N4S/c15-8-6-9(16)13-14(20-21-19-13)12(8)18-10-4-3-7-2-1-5-17-11(7)10/h1-2,5-6,10,18H,3-4H2. The molecule has 0 fully saturated rings. The first-order valence-electron chi connectivity index (χ1n) is 6.54. The number of pyridine rings is 1. The third-order valence-corrected chi connectivity index (χ3v) is 4.84. The molecule has 0 saturated carbocycles. The van der Waals surface area contributed by atoms with Crippen LogP contribution in [0.15, 0.2) is 33.1 Å². The molecule has 4 nitrogen and oxygen atoms in total. The first-order valence-corrected chi connectivity index (χ1v) is 8.03. The van der Waals surface area contributed by atoms with Gasteiger partial charge in [-0.15, -0.1) is 0 Å². The maximum atomic E-state index is 6.34. The van der Waals surface area contributed by atoms with Crippen molar-refractivity contribution in [1.29, 1.82) is 0 Å². The minimum atomic E-state index is 0.143. The van der Waals surface area contributed by atoms with Gasteiger partial charge in [0.2, 0.25) is 0 Å². The Hall–Kier alpha value is -1.43. The van der Waals surface area contributed by atoms with Crippen LogP contribution in [0.5, 0.6) is 0 Å². The molecule has 1 aliphatic carbocycles. The van der Waals surface area contributed by atoms with Crippen molar-refractivity contribution in [3.63, 3.8) is 0 Å². The number of aromatic nitrogens is 1. The van der Waals surface area contributed by atoms with Crippen LogP contribution in [0.2, 0.25) is 10.0 Å². The van der Waals surface area contributed by atoms with Crippen molar-refractivity contribution < 1.29 is 0 Å². The summed E-state index contributed by atoms with van der Waals surface area (Å²) in [5.41, 5.74) is 4.57. The number of anilines is 1. The van der Waals surface area contributed by atoms with E-state index in [-0.39, 0.29) is 6.04 Å². The Balaban J connectivity index is 1.74. The number of nitrogens with one attached hydrogen (secondary N) is 1. The van der Waals surface area contributed by atoms with E-state index in [9.17, 15) is 0 Å². The fourth-order valence-electron chi connectivity index (χ4n) is 2.74. The fraction of sp³-hybridized carbons (Fsp3) is 0.214. The molecule has 0 spiro atoms. The highest BCUT2D eigenvalue weighted by atomic mass is 35.5. The highest BCUT2D eigenvalue weighted by Gasteiger charge is 2.27. The first-order chi connectivity index (χ1) is 10.2. The van der Waals surface area contributed by atoms with Gasteiger partial charge in [-0.3, -0.25) is 4.98 Å². The van der Waals surface area contributed by atoms with E-state index in [0.29, 0.717) is 15.7 Å². The van der Waals surface area contributed by atoms with Crippen molar-refractivity contribution in [3.8, 4) is 0 Å². The van der Waals surface area contributed by atoms with Crippen molar-refractivity contribution >= 4 is 51.6 Å². The summed E-state index contributed by atoms with van der Waals surface area (Å²) in [6.45, 7) is 0. The summed E-state index contributed by atoms with van der Waals surface area (Å²) in [4.78, 5) is 4.49. The van der Waals surface area contributed by atoms with Gasteiger partial charge in [0.05, 0.1) is 38.8 Å². The van der Waals surface area contributed by atoms with Crippen molar-refractivity contribution in [2.24, 2.45) is 8.73 Å². The van der Waals surface area contributed by atoms with Gasteiger partial charge in [0.1, 0.15) is 11.4 Å². The number of benzene rings is 1. The van der Waals surface area contributed by atoms with E-state index >= 15 is 0 Å². The molecule has 1 aromatic carbocycles. The topological polar surface area (TPSA) is 49.6 Å². The van der Waals surface area contributed by atoms with Crippen LogP contribution in [-0.2, 0) is 17.8 Å². The summed E-state index contributed by atoms with van der Waals surface area (Å²) in [5, 5.41) is 4.56. The molecule has 1 atom stereocenters. The molecule has 2 aliphatic rings. The van der Waals surface area contributed by atoms with E-state index in [0.717, 1.165) is 41.3 Å². The first kappa shape index (κ1) is 13.2. The Morgan fingerprint density at radius 2 is 2.05 bits per heavy atom. The van der Waals surface area contributed by atoms with Crippen molar-refractivity contribution in [2.45, 2.75) is 18.9 Å². The maximum absolute atomic E-state index is 6.34. The minimum absolute atomic E-state index is 0.143. The molecule has 0 radical (unpaired) electrons. The molecular formula is C14H10Cl2N4S. The fourth-order valence-corrected chi connectivity index (χ4v) is 3.91. The molecule has 2 heterocycles. The van der Waals surface area contributed by atoms with Crippen LogP contribution in [0, 0.1) is 0 Å². The highest BCUT2D eigenvalue weighted by Crippen LogP contribution is 2.49. The van der Waals surface area contributed by atoms with Gasteiger partial charge in [-0.2, -0.15) is 8.73 Å². The van der Waals surface area contributed by atoms with Crippen LogP contribution in [0.25, 0.3) is 0 Å². The van der Waals surface area contributed by atoms with Gasteiger partial charge < -0.3 is 5.32 Å². The quantitative estimate of drug-likeness (QED) is 0.697. The second-order valence-electron chi connectivity index (χ2n) is 4.96. The summed E-state index contributed by atoms with van der Waals surface area (Å²) in [7, 11) is 0. The average Bonchev–Trinajstić information content (AvgIpc) is 3.11. The average molecular weight is 337 g/mol. The second kappa shape index (κ2) is 5.09. The Morgan fingerprint density at radius 3 is 2.95 bits per heavy atom. The van der Waals surface area contributed by atoms with Crippen LogP contribution in [0.3, 0.4) is 0 Å². The lowest BCUT2D eigenvalue weighted by Crippen LogP contribution is -2.09. The lowest BCUT2D eigenvalue weighted by Gasteiger charge is -2.17. The molecule has 2 aromatic rings. The summed E-state index contributed by atoms with van der Waals surface area (Å²) < 4.78 is 8.54. The molecule has 1 N–H and O–H groups in total. The molecule has 1 unspecified atom stereocenters. The molecular weight excluding hydrogens is 327 g/mol. The number of fused-ring (bicyclic) bond motifs is 2. The largest absolute Gasteiger partial charge is 0.374 e. The van der Waals surface area contributed by atoms with E-state index in [4.69, 9.17) is 23.2 Å². The Kier molecular flexibility index (Phi) is 3.21. The zero-order chi connectivity index (χ0) is 14.4. The van der Waals surface area contributed by atoms with Crippen LogP contribution >= 0.6 is 23.2 Å². The van der Waals surface area contributed by atoms with Crippen LogP contribution < -0.4 is 5.32 Å². The number of aryl methyl sites for hydroxylation is 1. The maximum Gasteiger partial charge on any atom is 0.130 e. The van der Waals surface area contributed by atoms with Gasteiger partial charge >= 0.3 is 0 Å². The van der Waals surface area contributed by atoms with Gasteiger partial charge in [-0.1, -0.05) is 29.3 Å². The summed E-state index contributed by atoms with van der Waals surface area (Å²) in [6.07, 6.45) is 3.83. The van der Waals surface area contributed by atoms with E-state index in [1.165, 1.54) is 5.56 Å². The summed E-state index contributed by atoms with van der Waals surface area (Å²) in [6, 6.07) is 5.94. The van der Waals surface area contributed by atoms with Crippen molar-refractivity contribution in [2.75, 3.05) is 5.32 Å². The normalized spacial score (nSPS) is 18.3. The van der Waals surface area contributed by atoms with Crippen molar-refractivity contribution in [1.82, 2.24) is 4.98 Å². The van der Waals surface area contributed by atoms with Gasteiger partial charge in [-0.05, 0) is 30.5 Å². The van der Waals surface area contributed by atoms with Crippen LogP contribution in [-0.4, -0.2) is 4.98 Å². The number of nitrogens with zero attached hydrogens (tertiary/aromatic N) is 3. The molecule has 4 rings (SSSR count). The van der Waals surface area contributed by atoms with Crippen molar-refractivity contribution in [3.05, 3.63) is 45.7 Å². The molecule has 21 heavy (non-hydrogen) atoms. The SMILES string of the molecule is Clc1cc(Cl)c(NC2CCc3cccnc32)c2c1N=S=N2. The van der Waals surface area contributed by atoms with E-state index in [2.05, 4.69) is 25.1 Å². The lowest BCUT2D eigenvalue weighted by atomic mass is 10.1. The van der Waals surface area contributed by atoms with E-state index in [1.54, 1.807) is 6.07 Å². The number of hydrogen-bond donors (Lipinski definition) is 1. The molecule has 0 amide bonds. The predicted molar refractivity (Wildman–Crippen MR) is 86.9 cm³/mol. The Bertz CT molecular complexity index is 815. The predicted octanol–water partition coefficient (Wildman–Crippen LogP) is 5.21. The van der Waals surface area contributed by atoms with Crippen LogP contribution in [0.1, 0.15) is 23.7 Å².